The van der Waals surface area contributed by atoms with Crippen molar-refractivity contribution in [1.82, 2.24) is 10.2 Å². The van der Waals surface area contributed by atoms with Crippen LogP contribution >= 0.6 is 15.9 Å². The zero-order chi connectivity index (χ0) is 25.5. The lowest BCUT2D eigenvalue weighted by Crippen LogP contribution is -2.49. The van der Waals surface area contributed by atoms with E-state index in [1.807, 2.05) is 57.2 Å². The van der Waals surface area contributed by atoms with E-state index >= 15 is 0 Å². The molecular formula is C25H34BrN3O4S. The molecule has 0 heterocycles. The molecule has 0 aliphatic heterocycles. The highest BCUT2D eigenvalue weighted by atomic mass is 79.9. The molecule has 0 spiro atoms. The van der Waals surface area contributed by atoms with Crippen molar-refractivity contribution >= 4 is 43.5 Å². The van der Waals surface area contributed by atoms with Gasteiger partial charge in [0, 0.05) is 30.0 Å². The number of sulfonamides is 1. The van der Waals surface area contributed by atoms with E-state index in [2.05, 4.69) is 21.2 Å². The molecule has 34 heavy (non-hydrogen) atoms. The Labute approximate surface area is 211 Å². The minimum Gasteiger partial charge on any atom is -0.352 e. The monoisotopic (exact) mass is 551 g/mol. The van der Waals surface area contributed by atoms with Gasteiger partial charge in [0.1, 0.15) is 6.04 Å². The predicted molar refractivity (Wildman–Crippen MR) is 140 cm³/mol. The Morgan fingerprint density at radius 3 is 2.12 bits per heavy atom. The second-order valence-corrected chi connectivity index (χ2v) is 11.6. The molecule has 0 bridgehead atoms. The summed E-state index contributed by atoms with van der Waals surface area (Å²) in [5.41, 5.74) is 2.50. The summed E-state index contributed by atoms with van der Waals surface area (Å²) in [6.45, 7) is 7.85. The van der Waals surface area contributed by atoms with E-state index in [0.29, 0.717) is 12.1 Å². The number of amides is 2. The van der Waals surface area contributed by atoms with Gasteiger partial charge in [-0.2, -0.15) is 0 Å². The normalized spacial score (nSPS) is 12.3. The number of aryl methyl sites for hydroxylation is 1. The molecule has 0 fully saturated rings. The minimum absolute atomic E-state index is 0.0441. The summed E-state index contributed by atoms with van der Waals surface area (Å²) in [5.74, 6) is -0.426. The summed E-state index contributed by atoms with van der Waals surface area (Å²) in [6, 6.07) is 14.1. The number of benzene rings is 2. The fraction of sp³-hybridized carbons (Fsp3) is 0.440. The third kappa shape index (κ3) is 8.43. The fourth-order valence-corrected chi connectivity index (χ4v) is 4.72. The van der Waals surface area contributed by atoms with E-state index in [1.165, 1.54) is 4.31 Å². The van der Waals surface area contributed by atoms with Crippen molar-refractivity contribution in [2.45, 2.75) is 59.2 Å². The molecule has 2 amide bonds. The first kappa shape index (κ1) is 27.9. The SMILES string of the molecule is Cc1ccc(N(CCCC(=O)N(Cc2ccc(Br)cc2)[C@@H](C)C(=O)NC(C)C)S(C)(=O)=O)cc1. The molecule has 2 rings (SSSR count). The second kappa shape index (κ2) is 12.4. The van der Waals surface area contributed by atoms with Crippen molar-refractivity contribution in [3.63, 3.8) is 0 Å². The number of rotatable bonds is 11. The first-order valence-corrected chi connectivity index (χ1v) is 13.9. The molecule has 186 valence electrons. The molecule has 2 aromatic carbocycles. The van der Waals surface area contributed by atoms with Gasteiger partial charge in [0.15, 0.2) is 0 Å². The van der Waals surface area contributed by atoms with Crippen LogP contribution in [0.15, 0.2) is 53.0 Å². The summed E-state index contributed by atoms with van der Waals surface area (Å²) in [4.78, 5) is 27.5. The molecule has 9 heteroatoms. The Balaban J connectivity index is 2.15. The molecule has 2 aromatic rings. The molecule has 0 aromatic heterocycles. The van der Waals surface area contributed by atoms with E-state index < -0.39 is 16.1 Å². The molecule has 0 aliphatic rings. The summed E-state index contributed by atoms with van der Waals surface area (Å²) < 4.78 is 27.0. The van der Waals surface area contributed by atoms with Crippen molar-refractivity contribution < 1.29 is 18.0 Å². The average Bonchev–Trinajstić information content (AvgIpc) is 2.75. The zero-order valence-corrected chi connectivity index (χ0v) is 22.8. The number of hydrogen-bond acceptors (Lipinski definition) is 4. The summed E-state index contributed by atoms with van der Waals surface area (Å²) >= 11 is 3.41. The zero-order valence-electron chi connectivity index (χ0n) is 20.4. The average molecular weight is 553 g/mol. The third-order valence-electron chi connectivity index (χ3n) is 5.34. The predicted octanol–water partition coefficient (Wildman–Crippen LogP) is 4.25. The lowest BCUT2D eigenvalue weighted by molar-refractivity contribution is -0.140. The standard InChI is InChI=1S/C25H34BrN3O4S/c1-18(2)27-25(31)20(4)28(17-21-10-12-22(26)13-11-21)24(30)7-6-16-29(34(5,32)33)23-14-8-19(3)9-15-23/h8-15,18,20H,6-7,16-17H2,1-5H3,(H,27,31)/t20-/m0/s1. The fourth-order valence-electron chi connectivity index (χ4n) is 3.49. The van der Waals surface area contributed by atoms with Crippen LogP contribution in [0.1, 0.15) is 44.7 Å². The lowest BCUT2D eigenvalue weighted by atomic mass is 10.1. The molecule has 0 unspecified atom stereocenters. The smallest absolute Gasteiger partial charge is 0.242 e. The van der Waals surface area contributed by atoms with Gasteiger partial charge < -0.3 is 10.2 Å². The van der Waals surface area contributed by atoms with Crippen molar-refractivity contribution in [3.8, 4) is 0 Å². The van der Waals surface area contributed by atoms with Gasteiger partial charge in [-0.25, -0.2) is 8.42 Å². The lowest BCUT2D eigenvalue weighted by Gasteiger charge is -2.30. The van der Waals surface area contributed by atoms with E-state index in [9.17, 15) is 18.0 Å². The molecule has 0 radical (unpaired) electrons. The van der Waals surface area contributed by atoms with Crippen LogP contribution in [0, 0.1) is 6.92 Å². The number of nitrogens with zero attached hydrogens (tertiary/aromatic N) is 2. The Kier molecular flexibility index (Phi) is 10.1. The van der Waals surface area contributed by atoms with Crippen LogP contribution in [0.5, 0.6) is 0 Å². The molecule has 1 atom stereocenters. The van der Waals surface area contributed by atoms with Crippen molar-refractivity contribution in [1.29, 1.82) is 0 Å². The van der Waals surface area contributed by atoms with Crippen LogP contribution in [0.4, 0.5) is 5.69 Å². The van der Waals surface area contributed by atoms with E-state index in [1.54, 1.807) is 24.0 Å². The van der Waals surface area contributed by atoms with Crippen LogP contribution < -0.4 is 9.62 Å². The molecule has 7 nitrogen and oxygen atoms in total. The van der Waals surface area contributed by atoms with Gasteiger partial charge in [0.25, 0.3) is 0 Å². The molecule has 1 N–H and O–H groups in total. The number of hydrogen-bond donors (Lipinski definition) is 1. The summed E-state index contributed by atoms with van der Waals surface area (Å²) in [6.07, 6.45) is 1.61. The number of carbonyl (C=O) groups excluding carboxylic acids is 2. The minimum atomic E-state index is -3.51. The van der Waals surface area contributed by atoms with Crippen molar-refractivity contribution in [2.24, 2.45) is 0 Å². The van der Waals surface area contributed by atoms with Gasteiger partial charge in [-0.15, -0.1) is 0 Å². The van der Waals surface area contributed by atoms with Gasteiger partial charge in [-0.3, -0.25) is 13.9 Å². The van der Waals surface area contributed by atoms with Gasteiger partial charge in [-0.1, -0.05) is 45.8 Å². The van der Waals surface area contributed by atoms with Crippen LogP contribution in [0.25, 0.3) is 0 Å². The maximum atomic E-state index is 13.2. The number of halogens is 1. The third-order valence-corrected chi connectivity index (χ3v) is 7.06. The molecule has 0 saturated heterocycles. The Bertz CT molecular complexity index is 1070. The Morgan fingerprint density at radius 2 is 1.59 bits per heavy atom. The highest BCUT2D eigenvalue weighted by molar-refractivity contribution is 9.10. The maximum absolute atomic E-state index is 13.2. The first-order valence-electron chi connectivity index (χ1n) is 11.3. The van der Waals surface area contributed by atoms with Gasteiger partial charge >= 0.3 is 0 Å². The maximum Gasteiger partial charge on any atom is 0.242 e. The highest BCUT2D eigenvalue weighted by Gasteiger charge is 2.27. The summed E-state index contributed by atoms with van der Waals surface area (Å²) in [7, 11) is -3.51. The second-order valence-electron chi connectivity index (χ2n) is 8.76. The van der Waals surface area contributed by atoms with Crippen molar-refractivity contribution in [2.75, 3.05) is 17.1 Å². The molecular weight excluding hydrogens is 518 g/mol. The molecule has 0 aliphatic carbocycles. The number of carbonyl (C=O) groups is 2. The largest absolute Gasteiger partial charge is 0.352 e. The van der Waals surface area contributed by atoms with E-state index in [0.717, 1.165) is 21.9 Å². The molecule has 0 saturated carbocycles. The van der Waals surface area contributed by atoms with Crippen LogP contribution in [-0.2, 0) is 26.2 Å². The van der Waals surface area contributed by atoms with Crippen LogP contribution in [0.3, 0.4) is 0 Å². The van der Waals surface area contributed by atoms with Gasteiger partial charge in [-0.05, 0) is 63.9 Å². The van der Waals surface area contributed by atoms with Crippen LogP contribution in [-0.4, -0.2) is 50.0 Å². The van der Waals surface area contributed by atoms with Gasteiger partial charge in [0.2, 0.25) is 21.8 Å². The summed E-state index contributed by atoms with van der Waals surface area (Å²) in [5, 5.41) is 2.87. The Hall–Kier alpha value is -2.39. The topological polar surface area (TPSA) is 86.8 Å². The van der Waals surface area contributed by atoms with E-state index in [4.69, 9.17) is 0 Å². The first-order chi connectivity index (χ1) is 15.9. The highest BCUT2D eigenvalue weighted by Crippen LogP contribution is 2.20. The number of nitrogens with one attached hydrogen (secondary N) is 1. The number of anilines is 1. The van der Waals surface area contributed by atoms with Gasteiger partial charge in [0.05, 0.1) is 11.9 Å². The van der Waals surface area contributed by atoms with Crippen molar-refractivity contribution in [3.05, 3.63) is 64.1 Å². The van der Waals surface area contributed by atoms with Crippen LogP contribution in [0.2, 0.25) is 0 Å². The quantitative estimate of drug-likeness (QED) is 0.452. The van der Waals surface area contributed by atoms with E-state index in [-0.39, 0.29) is 37.4 Å². The Morgan fingerprint density at radius 1 is 1.00 bits per heavy atom.